The molecule has 0 saturated carbocycles. The summed E-state index contributed by atoms with van der Waals surface area (Å²) in [6, 6.07) is 10.8. The van der Waals surface area contributed by atoms with E-state index in [2.05, 4.69) is 9.82 Å². The summed E-state index contributed by atoms with van der Waals surface area (Å²) < 4.78 is 30.3. The Morgan fingerprint density at radius 2 is 2.12 bits per heavy atom. The van der Waals surface area contributed by atoms with Crippen LogP contribution in [0.25, 0.3) is 5.69 Å². The summed E-state index contributed by atoms with van der Waals surface area (Å²) in [5, 5.41) is 6.11. The van der Waals surface area contributed by atoms with Crippen molar-refractivity contribution < 1.29 is 8.42 Å². The maximum absolute atomic E-state index is 12.9. The number of hydrogen-bond acceptors (Lipinski definition) is 4. The summed E-state index contributed by atoms with van der Waals surface area (Å²) in [5.74, 6) is 0. The van der Waals surface area contributed by atoms with E-state index in [1.807, 2.05) is 30.5 Å². The summed E-state index contributed by atoms with van der Waals surface area (Å²) in [7, 11) is -3.63. The quantitative estimate of drug-likeness (QED) is 0.728. The molecule has 24 heavy (non-hydrogen) atoms. The van der Waals surface area contributed by atoms with Gasteiger partial charge in [0.05, 0.1) is 16.6 Å². The Balaban J connectivity index is 1.96. The highest BCUT2D eigenvalue weighted by Crippen LogP contribution is 2.26. The van der Waals surface area contributed by atoms with Crippen LogP contribution in [0.4, 0.5) is 0 Å². The molecule has 0 aliphatic rings. The molecule has 0 radical (unpaired) electrons. The molecule has 0 saturated heterocycles. The third kappa shape index (κ3) is 3.43. The molecular weight excluding hydrogens is 342 g/mol. The number of aromatic nitrogens is 2. The average molecular weight is 361 g/mol. The minimum absolute atomic E-state index is 0.220. The molecule has 7 heteroatoms. The maximum atomic E-state index is 12.9. The van der Waals surface area contributed by atoms with E-state index in [-0.39, 0.29) is 10.9 Å². The van der Waals surface area contributed by atoms with Crippen molar-refractivity contribution in [3.8, 4) is 5.69 Å². The Labute approximate surface area is 146 Å². The fourth-order valence-corrected chi connectivity index (χ4v) is 5.02. The summed E-state index contributed by atoms with van der Waals surface area (Å²) in [6.45, 7) is 3.77. The highest BCUT2D eigenvalue weighted by Gasteiger charge is 2.23. The first-order valence-corrected chi connectivity index (χ1v) is 10.0. The first kappa shape index (κ1) is 16.9. The van der Waals surface area contributed by atoms with Crippen molar-refractivity contribution in [1.82, 2.24) is 14.5 Å². The van der Waals surface area contributed by atoms with Gasteiger partial charge in [0, 0.05) is 17.3 Å². The molecule has 126 valence electrons. The predicted molar refractivity (Wildman–Crippen MR) is 96.0 cm³/mol. The van der Waals surface area contributed by atoms with E-state index in [1.165, 1.54) is 0 Å². The first-order chi connectivity index (χ1) is 11.5. The van der Waals surface area contributed by atoms with E-state index >= 15 is 0 Å². The fourth-order valence-electron chi connectivity index (χ4n) is 2.53. The van der Waals surface area contributed by atoms with Crippen molar-refractivity contribution in [1.29, 1.82) is 0 Å². The lowest BCUT2D eigenvalue weighted by molar-refractivity contribution is 0.552. The number of nitrogens with one attached hydrogen (secondary N) is 1. The Hall–Kier alpha value is -1.96. The van der Waals surface area contributed by atoms with E-state index < -0.39 is 10.0 Å². The van der Waals surface area contributed by atoms with E-state index in [9.17, 15) is 8.42 Å². The van der Waals surface area contributed by atoms with Gasteiger partial charge in [-0.25, -0.2) is 17.8 Å². The zero-order valence-corrected chi connectivity index (χ0v) is 15.1. The second-order valence-electron chi connectivity index (χ2n) is 5.50. The van der Waals surface area contributed by atoms with E-state index in [0.29, 0.717) is 12.0 Å². The third-order valence-electron chi connectivity index (χ3n) is 3.82. The van der Waals surface area contributed by atoms with Crippen LogP contribution in [0.5, 0.6) is 0 Å². The van der Waals surface area contributed by atoms with Gasteiger partial charge in [-0.1, -0.05) is 19.1 Å². The third-order valence-corrected chi connectivity index (χ3v) is 6.42. The van der Waals surface area contributed by atoms with Crippen molar-refractivity contribution in [3.63, 3.8) is 0 Å². The number of nitrogens with zero attached hydrogens (tertiary/aromatic N) is 2. The number of hydrogen-bond donors (Lipinski definition) is 1. The summed E-state index contributed by atoms with van der Waals surface area (Å²) in [4.78, 5) is 1.30. The lowest BCUT2D eigenvalue weighted by Gasteiger charge is -2.17. The van der Waals surface area contributed by atoms with Gasteiger partial charge in [-0.3, -0.25) is 0 Å². The highest BCUT2D eigenvalue weighted by molar-refractivity contribution is 7.89. The lowest BCUT2D eigenvalue weighted by atomic mass is 10.2. The molecule has 1 aromatic carbocycles. The van der Waals surface area contributed by atoms with Crippen LogP contribution in [0, 0.1) is 6.92 Å². The molecule has 2 heterocycles. The van der Waals surface area contributed by atoms with Gasteiger partial charge in [0.15, 0.2) is 0 Å². The molecular formula is C17H19N3O2S2. The van der Waals surface area contributed by atoms with Crippen molar-refractivity contribution >= 4 is 21.4 Å². The molecule has 5 nitrogen and oxygen atoms in total. The van der Waals surface area contributed by atoms with Crippen molar-refractivity contribution in [2.45, 2.75) is 31.2 Å². The van der Waals surface area contributed by atoms with Gasteiger partial charge >= 0.3 is 0 Å². The predicted octanol–water partition coefficient (Wildman–Crippen LogP) is 3.67. The standard InChI is InChI=1S/C17H19N3O2S2/c1-3-15(16-6-4-11-23-16)19-24(21,22)17-12-14(8-7-13(17)2)20-10-5-9-18-20/h4-12,15,19H,3H2,1-2H3. The largest absolute Gasteiger partial charge is 0.241 e. The minimum Gasteiger partial charge on any atom is -0.241 e. The van der Waals surface area contributed by atoms with Gasteiger partial charge in [0.25, 0.3) is 0 Å². The summed E-state index contributed by atoms with van der Waals surface area (Å²) in [6.07, 6.45) is 4.14. The molecule has 1 N–H and O–H groups in total. The van der Waals surface area contributed by atoms with E-state index in [0.717, 1.165) is 10.6 Å². The Bertz CT molecular complexity index is 901. The Morgan fingerprint density at radius 3 is 2.75 bits per heavy atom. The van der Waals surface area contributed by atoms with E-state index in [1.54, 1.807) is 53.5 Å². The maximum Gasteiger partial charge on any atom is 0.241 e. The number of benzene rings is 1. The van der Waals surface area contributed by atoms with Crippen LogP contribution in [-0.4, -0.2) is 18.2 Å². The van der Waals surface area contributed by atoms with Crippen molar-refractivity contribution in [2.75, 3.05) is 0 Å². The van der Waals surface area contributed by atoms with Crippen LogP contribution < -0.4 is 4.72 Å². The minimum atomic E-state index is -3.63. The Kier molecular flexibility index (Phi) is 4.84. The fraction of sp³-hybridized carbons (Fsp3) is 0.235. The number of sulfonamides is 1. The summed E-state index contributed by atoms with van der Waals surface area (Å²) in [5.41, 5.74) is 1.43. The van der Waals surface area contributed by atoms with Crippen molar-refractivity contribution in [2.24, 2.45) is 0 Å². The van der Waals surface area contributed by atoms with E-state index in [4.69, 9.17) is 0 Å². The van der Waals surface area contributed by atoms with Gasteiger partial charge in [0.1, 0.15) is 0 Å². The van der Waals surface area contributed by atoms with Crippen molar-refractivity contribution in [3.05, 3.63) is 64.6 Å². The lowest BCUT2D eigenvalue weighted by Crippen LogP contribution is -2.28. The molecule has 0 spiro atoms. The molecule has 3 rings (SSSR count). The monoisotopic (exact) mass is 361 g/mol. The molecule has 2 aromatic heterocycles. The van der Waals surface area contributed by atoms with Gasteiger partial charge in [-0.2, -0.15) is 5.10 Å². The highest BCUT2D eigenvalue weighted by atomic mass is 32.2. The molecule has 1 atom stereocenters. The van der Waals surface area contributed by atoms with Crippen LogP contribution in [-0.2, 0) is 10.0 Å². The summed E-state index contributed by atoms with van der Waals surface area (Å²) >= 11 is 1.56. The number of aryl methyl sites for hydroxylation is 1. The molecule has 0 aliphatic heterocycles. The smallest absolute Gasteiger partial charge is 0.241 e. The number of thiophene rings is 1. The molecule has 1 unspecified atom stereocenters. The topological polar surface area (TPSA) is 64.0 Å². The molecule has 3 aromatic rings. The number of rotatable bonds is 6. The SMILES string of the molecule is CCC(NS(=O)(=O)c1cc(-n2cccn2)ccc1C)c1cccs1. The first-order valence-electron chi connectivity index (χ1n) is 7.67. The molecule has 0 fully saturated rings. The second kappa shape index (κ2) is 6.88. The van der Waals surface area contributed by atoms with Crippen LogP contribution in [0.1, 0.15) is 29.8 Å². The molecule has 0 bridgehead atoms. The average Bonchev–Trinajstić information content (AvgIpc) is 3.26. The van der Waals surface area contributed by atoms with Crippen LogP contribution in [0.2, 0.25) is 0 Å². The van der Waals surface area contributed by atoms with Gasteiger partial charge in [-0.05, 0) is 48.6 Å². The normalized spacial score (nSPS) is 13.1. The van der Waals surface area contributed by atoms with Crippen LogP contribution in [0.15, 0.2) is 59.1 Å². The second-order valence-corrected chi connectivity index (χ2v) is 8.16. The van der Waals surface area contributed by atoms with Crippen LogP contribution >= 0.6 is 11.3 Å². The molecule has 0 aliphatic carbocycles. The molecule has 0 amide bonds. The van der Waals surface area contributed by atoms with Gasteiger partial charge < -0.3 is 0 Å². The Morgan fingerprint density at radius 1 is 1.29 bits per heavy atom. The van der Waals surface area contributed by atoms with Gasteiger partial charge in [-0.15, -0.1) is 11.3 Å². The zero-order valence-electron chi connectivity index (χ0n) is 13.5. The van der Waals surface area contributed by atoms with Crippen LogP contribution in [0.3, 0.4) is 0 Å². The zero-order chi connectivity index (χ0) is 17.2. The van der Waals surface area contributed by atoms with Gasteiger partial charge in [0.2, 0.25) is 10.0 Å².